The Morgan fingerprint density at radius 1 is 1.07 bits per heavy atom. The quantitative estimate of drug-likeness (QED) is 0.213. The van der Waals surface area contributed by atoms with Gasteiger partial charge in [-0.15, -0.1) is 0 Å². The molecule has 0 spiro atoms. The van der Waals surface area contributed by atoms with Gasteiger partial charge in [0.2, 0.25) is 0 Å². The molecule has 0 unspecified atom stereocenters. The number of Topliss-reactive ketones (excluding diaryl/α,β-unsaturated/α-hetero) is 1. The SMILES string of the molecule is CC(=N)CCCCCC(=O)c1ccc(C#Cc2c(N)ncc3ccc(Cl)cc23)cc1. The first kappa shape index (κ1) is 21.5. The fourth-order valence-corrected chi connectivity index (χ4v) is 3.37. The van der Waals surface area contributed by atoms with E-state index in [0.29, 0.717) is 34.1 Å². The van der Waals surface area contributed by atoms with Crippen molar-refractivity contribution in [3.05, 3.63) is 70.4 Å². The third-order valence-electron chi connectivity index (χ3n) is 4.88. The number of unbranched alkanes of at least 4 members (excludes halogenated alkanes) is 2. The van der Waals surface area contributed by atoms with Gasteiger partial charge in [0.1, 0.15) is 5.82 Å². The van der Waals surface area contributed by atoms with Crippen LogP contribution in [0.3, 0.4) is 0 Å². The average Bonchev–Trinajstić information content (AvgIpc) is 2.73. The molecule has 2 aromatic carbocycles. The number of hydrogen-bond donors (Lipinski definition) is 2. The molecule has 0 amide bonds. The van der Waals surface area contributed by atoms with E-state index in [1.165, 1.54) is 0 Å². The lowest BCUT2D eigenvalue weighted by Gasteiger charge is -2.04. The van der Waals surface area contributed by atoms with Crippen LogP contribution in [0, 0.1) is 17.3 Å². The molecule has 0 saturated carbocycles. The van der Waals surface area contributed by atoms with Crippen LogP contribution in [-0.2, 0) is 0 Å². The lowest BCUT2D eigenvalue weighted by atomic mass is 10.0. The molecule has 3 rings (SSSR count). The summed E-state index contributed by atoms with van der Waals surface area (Å²) in [6.45, 7) is 1.82. The van der Waals surface area contributed by atoms with E-state index in [2.05, 4.69) is 16.8 Å². The van der Waals surface area contributed by atoms with Gasteiger partial charge in [0.25, 0.3) is 0 Å². The number of nitrogens with two attached hydrogens (primary N) is 1. The normalized spacial score (nSPS) is 10.5. The minimum absolute atomic E-state index is 0.137. The number of benzene rings is 2. The molecule has 4 nitrogen and oxygen atoms in total. The first-order chi connectivity index (χ1) is 14.4. The van der Waals surface area contributed by atoms with E-state index in [0.717, 1.165) is 42.0 Å². The summed E-state index contributed by atoms with van der Waals surface area (Å²) in [6.07, 6.45) is 5.83. The third kappa shape index (κ3) is 5.68. The van der Waals surface area contributed by atoms with Crippen molar-refractivity contribution < 1.29 is 4.79 Å². The number of nitrogens with one attached hydrogen (secondary N) is 1. The Hall–Kier alpha value is -3.16. The van der Waals surface area contributed by atoms with Crippen LogP contribution < -0.4 is 5.73 Å². The smallest absolute Gasteiger partial charge is 0.162 e. The van der Waals surface area contributed by atoms with Crippen molar-refractivity contribution in [3.8, 4) is 11.8 Å². The Morgan fingerprint density at radius 2 is 1.80 bits per heavy atom. The van der Waals surface area contributed by atoms with Gasteiger partial charge in [0.15, 0.2) is 5.78 Å². The number of ketones is 1. The van der Waals surface area contributed by atoms with Crippen molar-refractivity contribution in [1.29, 1.82) is 5.41 Å². The van der Waals surface area contributed by atoms with Crippen LogP contribution in [0.15, 0.2) is 48.7 Å². The Labute approximate surface area is 182 Å². The zero-order valence-corrected chi connectivity index (χ0v) is 17.7. The Kier molecular flexibility index (Phi) is 7.21. The van der Waals surface area contributed by atoms with Gasteiger partial charge >= 0.3 is 0 Å². The van der Waals surface area contributed by atoms with Crippen molar-refractivity contribution in [1.82, 2.24) is 4.98 Å². The second-order valence-corrected chi connectivity index (χ2v) is 7.78. The summed E-state index contributed by atoms with van der Waals surface area (Å²) in [6, 6.07) is 12.9. The van der Waals surface area contributed by atoms with Gasteiger partial charge in [-0.1, -0.05) is 48.1 Å². The van der Waals surface area contributed by atoms with Crippen LogP contribution in [0.25, 0.3) is 10.8 Å². The van der Waals surface area contributed by atoms with E-state index >= 15 is 0 Å². The first-order valence-corrected chi connectivity index (χ1v) is 10.3. The number of hydrogen-bond acceptors (Lipinski definition) is 4. The fourth-order valence-electron chi connectivity index (χ4n) is 3.20. The van der Waals surface area contributed by atoms with Crippen LogP contribution in [0.4, 0.5) is 5.82 Å². The summed E-state index contributed by atoms with van der Waals surface area (Å²) in [5.74, 6) is 6.71. The van der Waals surface area contributed by atoms with Gasteiger partial charge < -0.3 is 11.1 Å². The predicted molar refractivity (Wildman–Crippen MR) is 124 cm³/mol. The summed E-state index contributed by atoms with van der Waals surface area (Å²) in [4.78, 5) is 16.6. The number of rotatable bonds is 7. The molecule has 0 aliphatic rings. The summed E-state index contributed by atoms with van der Waals surface area (Å²) < 4.78 is 0. The molecule has 152 valence electrons. The minimum Gasteiger partial charge on any atom is -0.383 e. The van der Waals surface area contributed by atoms with Crippen LogP contribution in [-0.4, -0.2) is 16.5 Å². The van der Waals surface area contributed by atoms with Gasteiger partial charge in [0, 0.05) is 45.3 Å². The molecule has 1 aromatic heterocycles. The Morgan fingerprint density at radius 3 is 2.53 bits per heavy atom. The van der Waals surface area contributed by atoms with Crippen LogP contribution >= 0.6 is 11.6 Å². The van der Waals surface area contributed by atoms with Crippen LogP contribution in [0.5, 0.6) is 0 Å². The molecule has 3 N–H and O–H groups in total. The highest BCUT2D eigenvalue weighted by molar-refractivity contribution is 6.31. The second kappa shape index (κ2) is 10.0. The van der Waals surface area contributed by atoms with Gasteiger partial charge in [-0.05, 0) is 50.5 Å². The molecule has 1 heterocycles. The number of halogens is 1. The van der Waals surface area contributed by atoms with E-state index < -0.39 is 0 Å². The predicted octanol–water partition coefficient (Wildman–Crippen LogP) is 6.04. The molecular formula is C25H24ClN3O. The fraction of sp³-hybridized carbons (Fsp3) is 0.240. The zero-order chi connectivity index (χ0) is 21.5. The molecule has 5 heteroatoms. The van der Waals surface area contributed by atoms with E-state index in [9.17, 15) is 4.79 Å². The van der Waals surface area contributed by atoms with Gasteiger partial charge in [-0.3, -0.25) is 4.79 Å². The minimum atomic E-state index is 0.137. The van der Waals surface area contributed by atoms with Crippen molar-refractivity contribution in [2.45, 2.75) is 39.0 Å². The van der Waals surface area contributed by atoms with E-state index in [1.54, 1.807) is 6.20 Å². The van der Waals surface area contributed by atoms with Crippen molar-refractivity contribution in [2.24, 2.45) is 0 Å². The second-order valence-electron chi connectivity index (χ2n) is 7.34. The molecule has 3 aromatic rings. The summed E-state index contributed by atoms with van der Waals surface area (Å²) in [7, 11) is 0. The highest BCUT2D eigenvalue weighted by Crippen LogP contribution is 2.25. The Balaban J connectivity index is 1.69. The highest BCUT2D eigenvalue weighted by Gasteiger charge is 2.07. The lowest BCUT2D eigenvalue weighted by molar-refractivity contribution is 0.0979. The summed E-state index contributed by atoms with van der Waals surface area (Å²) in [5.41, 5.74) is 8.87. The average molecular weight is 418 g/mol. The standard InChI is InChI=1S/C25H24ClN3O/c1-17(27)5-3-2-4-6-24(30)19-10-7-18(8-11-19)9-14-22-23-15-21(26)13-12-20(23)16-29-25(22)28/h7-8,10-13,15-16,27H,2-6H2,1H3,(H2,28,29). The molecule has 0 fully saturated rings. The maximum absolute atomic E-state index is 12.3. The number of anilines is 1. The number of pyridine rings is 1. The van der Waals surface area contributed by atoms with Gasteiger partial charge in [-0.2, -0.15) is 0 Å². The molecule has 0 bridgehead atoms. The van der Waals surface area contributed by atoms with Gasteiger partial charge in [0.05, 0.1) is 5.56 Å². The number of nitrogen functional groups attached to an aromatic ring is 1. The van der Waals surface area contributed by atoms with Gasteiger partial charge in [-0.25, -0.2) is 4.98 Å². The number of carbonyl (C=O) groups is 1. The zero-order valence-electron chi connectivity index (χ0n) is 17.0. The molecule has 0 aliphatic carbocycles. The van der Waals surface area contributed by atoms with Crippen molar-refractivity contribution in [3.63, 3.8) is 0 Å². The van der Waals surface area contributed by atoms with Crippen molar-refractivity contribution >= 4 is 39.7 Å². The highest BCUT2D eigenvalue weighted by atomic mass is 35.5. The number of nitrogens with zero attached hydrogens (tertiary/aromatic N) is 1. The molecular weight excluding hydrogens is 394 g/mol. The molecule has 30 heavy (non-hydrogen) atoms. The third-order valence-corrected chi connectivity index (χ3v) is 5.11. The molecule has 0 aliphatic heterocycles. The Bertz CT molecular complexity index is 1140. The van der Waals surface area contributed by atoms with Crippen LogP contribution in [0.2, 0.25) is 5.02 Å². The molecule has 0 atom stereocenters. The summed E-state index contributed by atoms with van der Waals surface area (Å²) >= 11 is 6.12. The largest absolute Gasteiger partial charge is 0.383 e. The van der Waals surface area contributed by atoms with Crippen molar-refractivity contribution in [2.75, 3.05) is 5.73 Å². The monoisotopic (exact) mass is 417 g/mol. The van der Waals surface area contributed by atoms with E-state index in [1.807, 2.05) is 49.4 Å². The summed E-state index contributed by atoms with van der Waals surface area (Å²) in [5, 5.41) is 9.84. The lowest BCUT2D eigenvalue weighted by Crippen LogP contribution is -1.99. The number of fused-ring (bicyclic) bond motifs is 1. The first-order valence-electron chi connectivity index (χ1n) is 9.97. The maximum atomic E-state index is 12.3. The topological polar surface area (TPSA) is 79.8 Å². The van der Waals surface area contributed by atoms with E-state index in [4.69, 9.17) is 22.7 Å². The number of aromatic nitrogens is 1. The van der Waals surface area contributed by atoms with E-state index in [-0.39, 0.29) is 5.78 Å². The molecule has 0 saturated heterocycles. The molecule has 0 radical (unpaired) electrons. The maximum Gasteiger partial charge on any atom is 0.162 e. The number of carbonyl (C=O) groups excluding carboxylic acids is 1. The van der Waals surface area contributed by atoms with Crippen LogP contribution in [0.1, 0.15) is 60.5 Å².